The number of nitrogens with zero attached hydrogens (tertiary/aromatic N) is 2. The predicted octanol–water partition coefficient (Wildman–Crippen LogP) is 1.28. The van der Waals surface area contributed by atoms with Gasteiger partial charge in [0.15, 0.2) is 0 Å². The van der Waals surface area contributed by atoms with Crippen molar-refractivity contribution in [3.05, 3.63) is 17.3 Å². The molecule has 0 atom stereocenters. The number of amides is 1. The van der Waals surface area contributed by atoms with Crippen molar-refractivity contribution in [3.8, 4) is 0 Å². The molecule has 0 saturated heterocycles. The van der Waals surface area contributed by atoms with Gasteiger partial charge in [0.1, 0.15) is 11.0 Å². The molecule has 0 fully saturated rings. The summed E-state index contributed by atoms with van der Waals surface area (Å²) in [6.45, 7) is 3.00. The van der Waals surface area contributed by atoms with E-state index in [1.807, 2.05) is 11.8 Å². The predicted molar refractivity (Wildman–Crippen MR) is 70.2 cm³/mol. The Morgan fingerprint density at radius 2 is 2.29 bits per heavy atom. The zero-order valence-corrected chi connectivity index (χ0v) is 10.8. The molecule has 1 heterocycles. The summed E-state index contributed by atoms with van der Waals surface area (Å²) in [4.78, 5) is 17.4. The number of nitrogen functional groups attached to an aromatic ring is 1. The maximum absolute atomic E-state index is 11.4. The van der Waals surface area contributed by atoms with Gasteiger partial charge in [0.2, 0.25) is 5.91 Å². The minimum Gasteiger partial charge on any atom is -0.399 e. The molecular weight excluding hydrogens is 240 g/mol. The Labute approximate surface area is 106 Å². The van der Waals surface area contributed by atoms with Crippen LogP contribution in [0, 0.1) is 0 Å². The van der Waals surface area contributed by atoms with Crippen LogP contribution in [0.15, 0.2) is 12.1 Å². The van der Waals surface area contributed by atoms with Crippen LogP contribution < -0.4 is 16.0 Å². The fourth-order valence-electron chi connectivity index (χ4n) is 1.46. The third-order valence-electron chi connectivity index (χ3n) is 2.23. The van der Waals surface area contributed by atoms with E-state index in [-0.39, 0.29) is 12.5 Å². The smallest absolute Gasteiger partial charge is 0.239 e. The number of aromatic nitrogens is 1. The monoisotopic (exact) mass is 256 g/mol. The molecule has 1 amide bonds. The largest absolute Gasteiger partial charge is 0.399 e. The molecule has 1 aromatic rings. The molecular formula is C11H17ClN4O. The van der Waals surface area contributed by atoms with Crippen LogP contribution in [0.3, 0.4) is 0 Å². The zero-order chi connectivity index (χ0) is 12.8. The van der Waals surface area contributed by atoms with Crippen LogP contribution >= 0.6 is 11.6 Å². The fraction of sp³-hybridized carbons (Fsp3) is 0.455. The van der Waals surface area contributed by atoms with E-state index >= 15 is 0 Å². The summed E-state index contributed by atoms with van der Waals surface area (Å²) in [5.74, 6) is 0.555. The van der Waals surface area contributed by atoms with Gasteiger partial charge in [-0.15, -0.1) is 0 Å². The third kappa shape index (κ3) is 4.11. The van der Waals surface area contributed by atoms with Gasteiger partial charge in [0.25, 0.3) is 0 Å². The molecule has 1 rings (SSSR count). The lowest BCUT2D eigenvalue weighted by molar-refractivity contribution is -0.119. The summed E-state index contributed by atoms with van der Waals surface area (Å²) in [5, 5.41) is 2.91. The Kier molecular flexibility index (Phi) is 5.03. The van der Waals surface area contributed by atoms with Crippen molar-refractivity contribution >= 4 is 29.0 Å². The molecule has 5 nitrogen and oxygen atoms in total. The van der Waals surface area contributed by atoms with E-state index in [0.29, 0.717) is 16.7 Å². The second-order valence-electron chi connectivity index (χ2n) is 3.68. The Morgan fingerprint density at radius 3 is 2.82 bits per heavy atom. The summed E-state index contributed by atoms with van der Waals surface area (Å²) in [6.07, 6.45) is 0.908. The molecule has 0 aliphatic heterocycles. The first-order valence-electron chi connectivity index (χ1n) is 5.45. The van der Waals surface area contributed by atoms with Crippen molar-refractivity contribution in [2.45, 2.75) is 13.3 Å². The van der Waals surface area contributed by atoms with Crippen molar-refractivity contribution in [1.29, 1.82) is 0 Å². The van der Waals surface area contributed by atoms with Crippen molar-refractivity contribution < 1.29 is 4.79 Å². The molecule has 0 spiro atoms. The first-order chi connectivity index (χ1) is 8.06. The molecule has 3 N–H and O–H groups in total. The van der Waals surface area contributed by atoms with E-state index < -0.39 is 0 Å². The molecule has 17 heavy (non-hydrogen) atoms. The normalized spacial score (nSPS) is 10.1. The lowest BCUT2D eigenvalue weighted by Crippen LogP contribution is -2.36. The summed E-state index contributed by atoms with van der Waals surface area (Å²) in [6, 6.07) is 3.29. The molecule has 0 radical (unpaired) electrons. The van der Waals surface area contributed by atoms with Gasteiger partial charge in [0, 0.05) is 25.3 Å². The first-order valence-corrected chi connectivity index (χ1v) is 5.83. The number of anilines is 2. The lowest BCUT2D eigenvalue weighted by atomic mass is 10.3. The van der Waals surface area contributed by atoms with Crippen molar-refractivity contribution in [2.75, 3.05) is 30.8 Å². The molecule has 0 aromatic carbocycles. The number of carbonyl (C=O) groups excluding carboxylic acids is 1. The SMILES string of the molecule is CCCN(CC(=O)NC)c1cc(N)cc(Cl)n1. The second kappa shape index (κ2) is 6.30. The van der Waals surface area contributed by atoms with Crippen LogP contribution in [0.4, 0.5) is 11.5 Å². The maximum atomic E-state index is 11.4. The maximum Gasteiger partial charge on any atom is 0.239 e. The highest BCUT2D eigenvalue weighted by atomic mass is 35.5. The van der Waals surface area contributed by atoms with Gasteiger partial charge in [-0.05, 0) is 12.5 Å². The number of carbonyl (C=O) groups is 1. The highest BCUT2D eigenvalue weighted by Crippen LogP contribution is 2.19. The van der Waals surface area contributed by atoms with Crippen LogP contribution in [0.5, 0.6) is 0 Å². The molecule has 0 saturated carbocycles. The molecule has 0 aliphatic rings. The highest BCUT2D eigenvalue weighted by Gasteiger charge is 2.12. The number of nitrogens with one attached hydrogen (secondary N) is 1. The topological polar surface area (TPSA) is 71.2 Å². The van der Waals surface area contributed by atoms with E-state index in [4.69, 9.17) is 17.3 Å². The van der Waals surface area contributed by atoms with Gasteiger partial charge >= 0.3 is 0 Å². The van der Waals surface area contributed by atoms with E-state index in [1.165, 1.54) is 0 Å². The number of hydrogen-bond acceptors (Lipinski definition) is 4. The minimum atomic E-state index is -0.0706. The molecule has 94 valence electrons. The Morgan fingerprint density at radius 1 is 1.59 bits per heavy atom. The Hall–Kier alpha value is -1.49. The zero-order valence-electron chi connectivity index (χ0n) is 10.0. The van der Waals surface area contributed by atoms with E-state index in [9.17, 15) is 4.79 Å². The summed E-state index contributed by atoms with van der Waals surface area (Å²) in [7, 11) is 1.60. The Bertz CT molecular complexity index is 377. The standard InChI is InChI=1S/C11H17ClN4O/c1-3-4-16(7-11(17)14-2)10-6-8(13)5-9(12)15-10/h5-6H,3-4,7H2,1-2H3,(H2,13,15)(H,14,17). The lowest BCUT2D eigenvalue weighted by Gasteiger charge is -2.22. The van der Waals surface area contributed by atoms with Crippen LogP contribution in [-0.2, 0) is 4.79 Å². The minimum absolute atomic E-state index is 0.0706. The van der Waals surface area contributed by atoms with E-state index in [2.05, 4.69) is 10.3 Å². The van der Waals surface area contributed by atoms with Crippen LogP contribution in [0.2, 0.25) is 5.15 Å². The van der Waals surface area contributed by atoms with Gasteiger partial charge < -0.3 is 16.0 Å². The number of pyridine rings is 1. The van der Waals surface area contributed by atoms with Gasteiger partial charge in [0.05, 0.1) is 6.54 Å². The fourth-order valence-corrected chi connectivity index (χ4v) is 1.67. The molecule has 0 unspecified atom stereocenters. The van der Waals surface area contributed by atoms with Gasteiger partial charge in [-0.2, -0.15) is 0 Å². The molecule has 6 heteroatoms. The average molecular weight is 257 g/mol. The van der Waals surface area contributed by atoms with Crippen molar-refractivity contribution in [3.63, 3.8) is 0 Å². The number of rotatable bonds is 5. The van der Waals surface area contributed by atoms with Crippen LogP contribution in [-0.4, -0.2) is 31.0 Å². The highest BCUT2D eigenvalue weighted by molar-refractivity contribution is 6.29. The first kappa shape index (κ1) is 13.6. The van der Waals surface area contributed by atoms with Crippen LogP contribution in [0.1, 0.15) is 13.3 Å². The van der Waals surface area contributed by atoms with Gasteiger partial charge in [-0.3, -0.25) is 4.79 Å². The Balaban J connectivity index is 2.91. The van der Waals surface area contributed by atoms with Crippen molar-refractivity contribution in [1.82, 2.24) is 10.3 Å². The number of likely N-dealkylation sites (N-methyl/N-ethyl adjacent to an activating group) is 1. The summed E-state index contributed by atoms with van der Waals surface area (Å²) < 4.78 is 0. The van der Waals surface area contributed by atoms with E-state index in [1.54, 1.807) is 19.2 Å². The van der Waals surface area contributed by atoms with E-state index in [0.717, 1.165) is 13.0 Å². The summed E-state index contributed by atoms with van der Waals surface area (Å²) >= 11 is 5.85. The average Bonchev–Trinajstić information content (AvgIpc) is 2.27. The number of nitrogens with two attached hydrogens (primary N) is 1. The second-order valence-corrected chi connectivity index (χ2v) is 4.06. The van der Waals surface area contributed by atoms with Crippen molar-refractivity contribution in [2.24, 2.45) is 0 Å². The summed E-state index contributed by atoms with van der Waals surface area (Å²) in [5.41, 5.74) is 6.24. The molecule has 0 aliphatic carbocycles. The molecule has 0 bridgehead atoms. The van der Waals surface area contributed by atoms with Gasteiger partial charge in [-0.25, -0.2) is 4.98 Å². The number of hydrogen-bond donors (Lipinski definition) is 2. The number of halogens is 1. The van der Waals surface area contributed by atoms with Crippen LogP contribution in [0.25, 0.3) is 0 Å². The molecule has 1 aromatic heterocycles. The quantitative estimate of drug-likeness (QED) is 0.779. The third-order valence-corrected chi connectivity index (χ3v) is 2.43. The van der Waals surface area contributed by atoms with Gasteiger partial charge in [-0.1, -0.05) is 18.5 Å².